The maximum atomic E-state index is 12.7. The molecular formula is C23H19N3O3S. The fourth-order valence-corrected chi connectivity index (χ4v) is 4.30. The molecule has 0 aliphatic rings. The van der Waals surface area contributed by atoms with Crippen LogP contribution in [0.15, 0.2) is 60.7 Å². The van der Waals surface area contributed by atoms with Crippen LogP contribution in [0, 0.1) is 13.8 Å². The predicted octanol–water partition coefficient (Wildman–Crippen LogP) is 5.92. The molecule has 1 aromatic heterocycles. The second kappa shape index (κ2) is 7.96. The van der Waals surface area contributed by atoms with E-state index in [9.17, 15) is 9.59 Å². The molecule has 0 spiro atoms. The van der Waals surface area contributed by atoms with Crippen molar-refractivity contribution in [3.05, 3.63) is 77.4 Å². The number of rotatable bonds is 4. The smallest absolute Gasteiger partial charge is 0.410 e. The average molecular weight is 417 g/mol. The number of nitrogens with one attached hydrogen (secondary N) is 2. The van der Waals surface area contributed by atoms with Gasteiger partial charge in [-0.15, -0.1) is 0 Å². The second-order valence-electron chi connectivity index (χ2n) is 6.93. The molecule has 4 aromatic rings. The minimum absolute atomic E-state index is 0.238. The molecule has 4 rings (SSSR count). The number of amides is 2. The highest BCUT2D eigenvalue weighted by molar-refractivity contribution is 7.22. The SMILES string of the molecule is Cc1cccc(C)c1-c1ccc(NC(=O)c2ccc3nc(NC(=O)O)sc3c2)cc1. The zero-order chi connectivity index (χ0) is 21.3. The van der Waals surface area contributed by atoms with Gasteiger partial charge in [0.1, 0.15) is 0 Å². The van der Waals surface area contributed by atoms with E-state index in [1.807, 2.05) is 30.3 Å². The number of carbonyl (C=O) groups excluding carboxylic acids is 1. The number of hydrogen-bond acceptors (Lipinski definition) is 4. The van der Waals surface area contributed by atoms with Crippen molar-refractivity contribution in [2.24, 2.45) is 0 Å². The number of carbonyl (C=O) groups is 2. The first-order chi connectivity index (χ1) is 14.4. The van der Waals surface area contributed by atoms with Gasteiger partial charge >= 0.3 is 6.09 Å². The Labute approximate surface area is 177 Å². The molecule has 3 N–H and O–H groups in total. The molecule has 3 aromatic carbocycles. The van der Waals surface area contributed by atoms with E-state index in [1.54, 1.807) is 18.2 Å². The van der Waals surface area contributed by atoms with Crippen LogP contribution < -0.4 is 10.6 Å². The van der Waals surface area contributed by atoms with Crippen LogP contribution in [0.1, 0.15) is 21.5 Å². The van der Waals surface area contributed by atoms with Gasteiger partial charge in [0.15, 0.2) is 5.13 Å². The molecule has 6 nitrogen and oxygen atoms in total. The monoisotopic (exact) mass is 417 g/mol. The molecule has 2 amide bonds. The quantitative estimate of drug-likeness (QED) is 0.384. The summed E-state index contributed by atoms with van der Waals surface area (Å²) in [6.07, 6.45) is -1.17. The minimum atomic E-state index is -1.17. The number of aryl methyl sites for hydroxylation is 2. The second-order valence-corrected chi connectivity index (χ2v) is 7.96. The van der Waals surface area contributed by atoms with Gasteiger partial charge in [0.2, 0.25) is 0 Å². The fraction of sp³-hybridized carbons (Fsp3) is 0.0870. The highest BCUT2D eigenvalue weighted by Crippen LogP contribution is 2.29. The van der Waals surface area contributed by atoms with Gasteiger partial charge in [-0.1, -0.05) is 41.7 Å². The minimum Gasteiger partial charge on any atom is -0.465 e. The Morgan fingerprint density at radius 2 is 1.63 bits per heavy atom. The third-order valence-electron chi connectivity index (χ3n) is 4.78. The predicted molar refractivity (Wildman–Crippen MR) is 121 cm³/mol. The molecule has 0 saturated carbocycles. The topological polar surface area (TPSA) is 91.3 Å². The number of aromatic nitrogens is 1. The van der Waals surface area contributed by atoms with Crippen molar-refractivity contribution >= 4 is 44.4 Å². The largest absolute Gasteiger partial charge is 0.465 e. The Kier molecular flexibility index (Phi) is 5.20. The van der Waals surface area contributed by atoms with Crippen molar-refractivity contribution in [1.29, 1.82) is 0 Å². The van der Waals surface area contributed by atoms with Crippen molar-refractivity contribution in [1.82, 2.24) is 4.98 Å². The standard InChI is InChI=1S/C23H19N3O3S/c1-13-4-3-5-14(2)20(13)15-6-9-17(10-7-15)24-21(27)16-8-11-18-19(12-16)30-22(25-18)26-23(28)29/h3-12H,1-2H3,(H,24,27)(H,25,26)(H,28,29). The lowest BCUT2D eigenvalue weighted by atomic mass is 9.96. The molecule has 0 bridgehead atoms. The zero-order valence-electron chi connectivity index (χ0n) is 16.4. The van der Waals surface area contributed by atoms with Crippen molar-refractivity contribution in [3.8, 4) is 11.1 Å². The summed E-state index contributed by atoms with van der Waals surface area (Å²) in [5.41, 5.74) is 6.55. The molecule has 0 aliphatic heterocycles. The first kappa shape index (κ1) is 19.6. The molecule has 0 fully saturated rings. The van der Waals surface area contributed by atoms with E-state index < -0.39 is 6.09 Å². The lowest BCUT2D eigenvalue weighted by Crippen LogP contribution is -2.11. The number of hydrogen-bond donors (Lipinski definition) is 3. The Hall–Kier alpha value is -3.71. The van der Waals surface area contributed by atoms with Gasteiger partial charge in [-0.25, -0.2) is 9.78 Å². The summed E-state index contributed by atoms with van der Waals surface area (Å²) in [5, 5.41) is 14.2. The summed E-state index contributed by atoms with van der Waals surface area (Å²) < 4.78 is 0.733. The van der Waals surface area contributed by atoms with Crippen LogP contribution in [0.2, 0.25) is 0 Å². The first-order valence-electron chi connectivity index (χ1n) is 9.29. The zero-order valence-corrected chi connectivity index (χ0v) is 17.2. The Bertz CT molecular complexity index is 1240. The van der Waals surface area contributed by atoms with Gasteiger partial charge in [0.25, 0.3) is 5.91 Å². The van der Waals surface area contributed by atoms with Gasteiger partial charge in [-0.3, -0.25) is 10.1 Å². The molecule has 0 atom stereocenters. The van der Waals surface area contributed by atoms with Crippen molar-refractivity contribution < 1.29 is 14.7 Å². The van der Waals surface area contributed by atoms with Crippen LogP contribution in [0.3, 0.4) is 0 Å². The van der Waals surface area contributed by atoms with E-state index in [2.05, 4.69) is 41.6 Å². The third kappa shape index (κ3) is 4.01. The van der Waals surface area contributed by atoms with Crippen molar-refractivity contribution in [3.63, 3.8) is 0 Å². The van der Waals surface area contributed by atoms with E-state index in [4.69, 9.17) is 5.11 Å². The van der Waals surface area contributed by atoms with Crippen LogP contribution in [0.5, 0.6) is 0 Å². The lowest BCUT2D eigenvalue weighted by Gasteiger charge is -2.11. The summed E-state index contributed by atoms with van der Waals surface area (Å²) in [7, 11) is 0. The van der Waals surface area contributed by atoms with Crippen LogP contribution in [-0.4, -0.2) is 22.1 Å². The van der Waals surface area contributed by atoms with E-state index >= 15 is 0 Å². The average Bonchev–Trinajstić information content (AvgIpc) is 3.09. The van der Waals surface area contributed by atoms with Gasteiger partial charge in [0, 0.05) is 11.3 Å². The Balaban J connectivity index is 1.53. The summed E-state index contributed by atoms with van der Waals surface area (Å²) in [6.45, 7) is 4.18. The van der Waals surface area contributed by atoms with Gasteiger partial charge in [-0.2, -0.15) is 0 Å². The summed E-state index contributed by atoms with van der Waals surface area (Å²) in [4.78, 5) is 27.6. The molecule has 1 heterocycles. The molecule has 150 valence electrons. The van der Waals surface area contributed by atoms with Crippen LogP contribution in [0.25, 0.3) is 21.3 Å². The first-order valence-corrected chi connectivity index (χ1v) is 10.1. The summed E-state index contributed by atoms with van der Waals surface area (Å²) in [6, 6.07) is 19.1. The van der Waals surface area contributed by atoms with Crippen LogP contribution in [0.4, 0.5) is 15.6 Å². The highest BCUT2D eigenvalue weighted by Gasteiger charge is 2.12. The van der Waals surface area contributed by atoms with Gasteiger partial charge in [0.05, 0.1) is 10.2 Å². The van der Waals surface area contributed by atoms with E-state index in [0.717, 1.165) is 10.3 Å². The van der Waals surface area contributed by atoms with Crippen molar-refractivity contribution in [2.45, 2.75) is 13.8 Å². The van der Waals surface area contributed by atoms with E-state index in [-0.39, 0.29) is 11.0 Å². The van der Waals surface area contributed by atoms with E-state index in [0.29, 0.717) is 16.8 Å². The molecule has 7 heteroatoms. The van der Waals surface area contributed by atoms with Gasteiger partial charge in [-0.05, 0) is 66.4 Å². The highest BCUT2D eigenvalue weighted by atomic mass is 32.1. The van der Waals surface area contributed by atoms with Gasteiger partial charge < -0.3 is 10.4 Å². The lowest BCUT2D eigenvalue weighted by molar-refractivity contribution is 0.102. The number of fused-ring (bicyclic) bond motifs is 1. The molecule has 30 heavy (non-hydrogen) atoms. The molecule has 0 aliphatic carbocycles. The van der Waals surface area contributed by atoms with Crippen molar-refractivity contribution in [2.75, 3.05) is 10.6 Å². The molecule has 0 unspecified atom stereocenters. The number of thiazole rings is 1. The normalized spacial score (nSPS) is 10.7. The number of nitrogens with zero attached hydrogens (tertiary/aromatic N) is 1. The number of carboxylic acid groups (broad SMARTS) is 1. The number of anilines is 2. The Morgan fingerprint density at radius 3 is 2.30 bits per heavy atom. The summed E-state index contributed by atoms with van der Waals surface area (Å²) >= 11 is 1.18. The molecule has 0 radical (unpaired) electrons. The van der Waals surface area contributed by atoms with E-state index in [1.165, 1.54) is 28.0 Å². The van der Waals surface area contributed by atoms with Crippen LogP contribution >= 0.6 is 11.3 Å². The summed E-state index contributed by atoms with van der Waals surface area (Å²) in [5.74, 6) is -0.238. The maximum Gasteiger partial charge on any atom is 0.410 e. The Morgan fingerprint density at radius 1 is 0.933 bits per heavy atom. The maximum absolute atomic E-state index is 12.7. The molecular weight excluding hydrogens is 398 g/mol. The number of benzene rings is 3. The van der Waals surface area contributed by atoms with Crippen LogP contribution in [-0.2, 0) is 0 Å². The fourth-order valence-electron chi connectivity index (χ4n) is 3.40. The third-order valence-corrected chi connectivity index (χ3v) is 5.71. The molecule has 0 saturated heterocycles.